The number of aryl methyl sites for hydroxylation is 1. The van der Waals surface area contributed by atoms with E-state index in [-0.39, 0.29) is 23.3 Å². The molecule has 2 rings (SSSR count). The fourth-order valence-corrected chi connectivity index (χ4v) is 2.51. The lowest BCUT2D eigenvalue weighted by atomic mass is 9.92. The molecule has 26 heavy (non-hydrogen) atoms. The number of nitrogens with zero attached hydrogens (tertiary/aromatic N) is 2. The first-order valence-corrected chi connectivity index (χ1v) is 8.73. The highest BCUT2D eigenvalue weighted by Crippen LogP contribution is 2.28. The van der Waals surface area contributed by atoms with Crippen molar-refractivity contribution in [3.8, 4) is 0 Å². The molecule has 0 aliphatic carbocycles. The number of carbonyl (C=O) groups excluding carboxylic acids is 1. The topological polar surface area (TPSA) is 46.9 Å². The minimum absolute atomic E-state index is 0.137. The van der Waals surface area contributed by atoms with Crippen LogP contribution in [-0.2, 0) is 22.2 Å². The molecule has 2 aromatic rings. The summed E-state index contributed by atoms with van der Waals surface area (Å²) in [5, 5.41) is 7.56. The average molecular weight is 363 g/mol. The molecule has 0 saturated carbocycles. The van der Waals surface area contributed by atoms with E-state index in [2.05, 4.69) is 31.2 Å². The van der Waals surface area contributed by atoms with Gasteiger partial charge in [-0.3, -0.25) is 4.79 Å². The van der Waals surface area contributed by atoms with Crippen LogP contribution in [-0.4, -0.2) is 15.7 Å². The molecule has 142 valence electrons. The number of amides is 1. The van der Waals surface area contributed by atoms with Crippen LogP contribution in [0.5, 0.6) is 0 Å². The Balaban J connectivity index is 2.12. The van der Waals surface area contributed by atoms with Crippen LogP contribution in [0.15, 0.2) is 24.3 Å². The van der Waals surface area contributed by atoms with Gasteiger partial charge in [-0.2, -0.15) is 5.10 Å². The van der Waals surface area contributed by atoms with Crippen molar-refractivity contribution in [2.24, 2.45) is 0 Å². The van der Waals surface area contributed by atoms with Crippen LogP contribution in [0.1, 0.15) is 59.2 Å². The second-order valence-corrected chi connectivity index (χ2v) is 8.54. The van der Waals surface area contributed by atoms with E-state index >= 15 is 0 Å². The first-order chi connectivity index (χ1) is 11.9. The second kappa shape index (κ2) is 7.17. The van der Waals surface area contributed by atoms with Crippen molar-refractivity contribution >= 4 is 11.7 Å². The number of carbonyl (C=O) groups is 1. The molecule has 1 heterocycles. The number of nitrogens with one attached hydrogen (secondary N) is 1. The van der Waals surface area contributed by atoms with Crippen LogP contribution < -0.4 is 5.32 Å². The summed E-state index contributed by atoms with van der Waals surface area (Å²) in [6, 6.07) is 5.58. The summed E-state index contributed by atoms with van der Waals surface area (Å²) in [6.45, 7) is 12.3. The molecule has 1 amide bonds. The predicted octanol–water partition coefficient (Wildman–Crippen LogP) is 4.79. The minimum atomic E-state index is -0.900. The maximum absolute atomic E-state index is 13.3. The van der Waals surface area contributed by atoms with Crippen LogP contribution in [0.25, 0.3) is 0 Å². The van der Waals surface area contributed by atoms with Crippen LogP contribution in [0.4, 0.5) is 14.6 Å². The van der Waals surface area contributed by atoms with Crippen molar-refractivity contribution in [3.05, 3.63) is 47.2 Å². The number of hydrogen-bond acceptors (Lipinski definition) is 2. The first kappa shape index (κ1) is 20.1. The second-order valence-electron chi connectivity index (χ2n) is 8.54. The van der Waals surface area contributed by atoms with E-state index in [4.69, 9.17) is 0 Å². The molecule has 0 unspecified atom stereocenters. The van der Waals surface area contributed by atoms with Gasteiger partial charge in [-0.15, -0.1) is 0 Å². The summed E-state index contributed by atoms with van der Waals surface area (Å²) in [5.74, 6) is -1.34. The molecule has 0 saturated heterocycles. The average Bonchev–Trinajstić information content (AvgIpc) is 2.92. The fourth-order valence-electron chi connectivity index (χ4n) is 2.51. The maximum atomic E-state index is 13.3. The molecule has 0 bridgehead atoms. The highest BCUT2D eigenvalue weighted by molar-refractivity contribution is 5.90. The van der Waals surface area contributed by atoms with Gasteiger partial charge in [-0.1, -0.05) is 26.8 Å². The van der Waals surface area contributed by atoms with Crippen molar-refractivity contribution in [3.63, 3.8) is 0 Å². The Kier molecular flexibility index (Phi) is 5.54. The van der Waals surface area contributed by atoms with E-state index in [1.54, 1.807) is 0 Å². The number of hydrogen-bond donors (Lipinski definition) is 1. The lowest BCUT2D eigenvalue weighted by molar-refractivity contribution is -0.116. The van der Waals surface area contributed by atoms with E-state index in [0.717, 1.165) is 17.8 Å². The summed E-state index contributed by atoms with van der Waals surface area (Å²) >= 11 is 0. The highest BCUT2D eigenvalue weighted by atomic mass is 19.2. The first-order valence-electron chi connectivity index (χ1n) is 8.73. The molecule has 0 radical (unpaired) electrons. The predicted molar refractivity (Wildman–Crippen MR) is 99.2 cm³/mol. The number of anilines is 1. The van der Waals surface area contributed by atoms with Gasteiger partial charge in [0.15, 0.2) is 11.6 Å². The van der Waals surface area contributed by atoms with E-state index in [1.165, 1.54) is 6.07 Å². The Hall–Kier alpha value is -2.24. The maximum Gasteiger partial charge on any atom is 0.225 e. The zero-order valence-corrected chi connectivity index (χ0v) is 16.3. The molecule has 0 atom stereocenters. The van der Waals surface area contributed by atoms with Gasteiger partial charge in [0, 0.05) is 17.9 Å². The van der Waals surface area contributed by atoms with E-state index in [0.29, 0.717) is 17.8 Å². The van der Waals surface area contributed by atoms with Crippen LogP contribution in [0.2, 0.25) is 0 Å². The Bertz CT molecular complexity index is 798. The van der Waals surface area contributed by atoms with Gasteiger partial charge < -0.3 is 5.32 Å². The molecule has 6 heteroatoms. The molecule has 0 fully saturated rings. The highest BCUT2D eigenvalue weighted by Gasteiger charge is 2.25. The standard InChI is InChI=1S/C20H27F2N3O/c1-19(2,3)16-12-17(25(24-16)20(4,5)6)23-18(26)10-8-13-7-9-14(21)15(22)11-13/h7,9,11-12H,8,10H2,1-6H3,(H,23,26). The van der Waals surface area contributed by atoms with Crippen molar-refractivity contribution in [2.75, 3.05) is 5.32 Å². The van der Waals surface area contributed by atoms with Gasteiger partial charge in [0.25, 0.3) is 0 Å². The Morgan fingerprint density at radius 3 is 2.27 bits per heavy atom. The van der Waals surface area contributed by atoms with E-state index < -0.39 is 11.6 Å². The van der Waals surface area contributed by atoms with Crippen molar-refractivity contribution in [2.45, 2.75) is 65.3 Å². The zero-order valence-electron chi connectivity index (χ0n) is 16.3. The minimum Gasteiger partial charge on any atom is -0.311 e. The fraction of sp³-hybridized carbons (Fsp3) is 0.500. The summed E-state index contributed by atoms with van der Waals surface area (Å²) in [6.07, 6.45) is 0.504. The van der Waals surface area contributed by atoms with Gasteiger partial charge >= 0.3 is 0 Å². The largest absolute Gasteiger partial charge is 0.311 e. The SMILES string of the molecule is CC(C)(C)c1cc(NC(=O)CCc2ccc(F)c(F)c2)n(C(C)(C)C)n1. The molecule has 1 aromatic carbocycles. The van der Waals surface area contributed by atoms with Crippen molar-refractivity contribution < 1.29 is 13.6 Å². The van der Waals surface area contributed by atoms with E-state index in [9.17, 15) is 13.6 Å². The van der Waals surface area contributed by atoms with Gasteiger partial charge in [0.1, 0.15) is 5.82 Å². The third-order valence-electron chi connectivity index (χ3n) is 4.01. The monoisotopic (exact) mass is 363 g/mol. The summed E-state index contributed by atoms with van der Waals surface area (Å²) < 4.78 is 28.0. The lowest BCUT2D eigenvalue weighted by Crippen LogP contribution is -2.27. The number of rotatable bonds is 4. The molecular weight excluding hydrogens is 336 g/mol. The lowest BCUT2D eigenvalue weighted by Gasteiger charge is -2.23. The smallest absolute Gasteiger partial charge is 0.225 e. The Labute approximate surface area is 153 Å². The summed E-state index contributed by atoms with van der Waals surface area (Å²) in [4.78, 5) is 12.4. The molecule has 4 nitrogen and oxygen atoms in total. The molecule has 1 N–H and O–H groups in total. The van der Waals surface area contributed by atoms with Crippen LogP contribution in [0, 0.1) is 11.6 Å². The summed E-state index contributed by atoms with van der Waals surface area (Å²) in [7, 11) is 0. The Morgan fingerprint density at radius 1 is 1.08 bits per heavy atom. The molecule has 0 aliphatic heterocycles. The third-order valence-corrected chi connectivity index (χ3v) is 4.01. The van der Waals surface area contributed by atoms with E-state index in [1.807, 2.05) is 31.5 Å². The van der Waals surface area contributed by atoms with Crippen LogP contribution in [0.3, 0.4) is 0 Å². The van der Waals surface area contributed by atoms with Crippen molar-refractivity contribution in [1.29, 1.82) is 0 Å². The van der Waals surface area contributed by atoms with Gasteiger partial charge in [0.2, 0.25) is 5.91 Å². The van der Waals surface area contributed by atoms with Gasteiger partial charge in [-0.05, 0) is 44.9 Å². The van der Waals surface area contributed by atoms with Gasteiger partial charge in [-0.25, -0.2) is 13.5 Å². The molecular formula is C20H27F2N3O. The quantitative estimate of drug-likeness (QED) is 0.849. The summed E-state index contributed by atoms with van der Waals surface area (Å²) in [5.41, 5.74) is 1.05. The van der Waals surface area contributed by atoms with Gasteiger partial charge in [0.05, 0.1) is 11.2 Å². The molecule has 0 aliphatic rings. The number of benzene rings is 1. The number of aromatic nitrogens is 2. The molecule has 1 aromatic heterocycles. The molecule has 0 spiro atoms. The Morgan fingerprint density at radius 2 is 1.73 bits per heavy atom. The van der Waals surface area contributed by atoms with Crippen molar-refractivity contribution in [1.82, 2.24) is 9.78 Å². The number of halogens is 2. The van der Waals surface area contributed by atoms with Crippen LogP contribution >= 0.6 is 0 Å². The zero-order chi connectivity index (χ0) is 19.7. The third kappa shape index (κ3) is 4.90. The normalized spacial score (nSPS) is 12.3.